The van der Waals surface area contributed by atoms with E-state index in [9.17, 15) is 14.4 Å². The molecule has 1 atom stereocenters. The van der Waals surface area contributed by atoms with Gasteiger partial charge < -0.3 is 14.2 Å². The molecule has 0 aliphatic heterocycles. The second-order valence-electron chi connectivity index (χ2n) is 24.9. The first-order valence-corrected chi connectivity index (χ1v) is 36.5. The highest BCUT2D eigenvalue weighted by molar-refractivity contribution is 5.71. The molecular weight excluding hydrogens is 997 g/mol. The molecule has 0 saturated heterocycles. The Kier molecular flexibility index (Phi) is 68.1. The van der Waals surface area contributed by atoms with Gasteiger partial charge in [0.1, 0.15) is 13.2 Å². The van der Waals surface area contributed by atoms with E-state index < -0.39 is 6.10 Å². The van der Waals surface area contributed by atoms with Gasteiger partial charge in [0.15, 0.2) is 6.10 Å². The molecule has 6 heteroatoms. The average molecular weight is 1140 g/mol. The van der Waals surface area contributed by atoms with Crippen LogP contribution in [-0.2, 0) is 28.6 Å². The van der Waals surface area contributed by atoms with Crippen molar-refractivity contribution in [2.45, 2.75) is 412 Å². The van der Waals surface area contributed by atoms with Crippen molar-refractivity contribution in [3.05, 3.63) is 36.5 Å². The maximum Gasteiger partial charge on any atom is 0.306 e. The van der Waals surface area contributed by atoms with E-state index in [1.54, 1.807) is 0 Å². The van der Waals surface area contributed by atoms with E-state index in [2.05, 4.69) is 57.2 Å². The minimum atomic E-state index is -0.766. The van der Waals surface area contributed by atoms with Crippen LogP contribution >= 0.6 is 0 Å². The van der Waals surface area contributed by atoms with Crippen molar-refractivity contribution in [3.8, 4) is 0 Å². The fourth-order valence-electron chi connectivity index (χ4n) is 11.1. The zero-order chi connectivity index (χ0) is 58.5. The summed E-state index contributed by atoms with van der Waals surface area (Å²) in [4.78, 5) is 38.0. The fourth-order valence-corrected chi connectivity index (χ4v) is 11.1. The van der Waals surface area contributed by atoms with Crippen LogP contribution in [0, 0.1) is 0 Å². The summed E-state index contributed by atoms with van der Waals surface area (Å²) >= 11 is 0. The van der Waals surface area contributed by atoms with Crippen molar-refractivity contribution >= 4 is 17.9 Å². The molecule has 0 spiro atoms. The van der Waals surface area contributed by atoms with Gasteiger partial charge in [-0.3, -0.25) is 14.4 Å². The number of carbonyl (C=O) groups is 3. The molecule has 0 bridgehead atoms. The summed E-state index contributed by atoms with van der Waals surface area (Å²) in [5.74, 6) is -0.856. The molecule has 0 rings (SSSR count). The molecule has 0 radical (unpaired) electrons. The molecule has 0 heterocycles. The van der Waals surface area contributed by atoms with E-state index >= 15 is 0 Å². The fraction of sp³-hybridized carbons (Fsp3) is 0.880. The smallest absolute Gasteiger partial charge is 0.306 e. The first kappa shape index (κ1) is 78.6. The van der Waals surface area contributed by atoms with Crippen LogP contribution in [0.2, 0.25) is 0 Å². The van der Waals surface area contributed by atoms with Crippen LogP contribution in [0.3, 0.4) is 0 Å². The van der Waals surface area contributed by atoms with Gasteiger partial charge in [0, 0.05) is 19.3 Å². The van der Waals surface area contributed by atoms with Gasteiger partial charge in [0.25, 0.3) is 0 Å². The van der Waals surface area contributed by atoms with E-state index in [-0.39, 0.29) is 31.1 Å². The molecule has 0 N–H and O–H groups in total. The third-order valence-corrected chi connectivity index (χ3v) is 16.6. The number of unbranched alkanes of at least 4 members (excludes halogenated alkanes) is 51. The average Bonchev–Trinajstić information content (AvgIpc) is 3.47. The summed E-state index contributed by atoms with van der Waals surface area (Å²) in [6.45, 7) is 6.61. The van der Waals surface area contributed by atoms with Crippen molar-refractivity contribution in [3.63, 3.8) is 0 Å². The molecule has 81 heavy (non-hydrogen) atoms. The largest absolute Gasteiger partial charge is 0.462 e. The lowest BCUT2D eigenvalue weighted by atomic mass is 10.0. The van der Waals surface area contributed by atoms with Crippen molar-refractivity contribution in [1.29, 1.82) is 0 Å². The summed E-state index contributed by atoms with van der Waals surface area (Å²) in [5.41, 5.74) is 0. The Balaban J connectivity index is 3.87. The molecule has 0 amide bonds. The molecule has 0 aromatic carbocycles. The van der Waals surface area contributed by atoms with Crippen LogP contribution in [-0.4, -0.2) is 37.2 Å². The maximum atomic E-state index is 12.9. The molecule has 0 aromatic heterocycles. The molecule has 6 nitrogen and oxygen atoms in total. The third kappa shape index (κ3) is 68.3. The zero-order valence-electron chi connectivity index (χ0n) is 54.8. The summed E-state index contributed by atoms with van der Waals surface area (Å²) in [6.07, 6.45) is 88.2. The van der Waals surface area contributed by atoms with Crippen LogP contribution in [0.25, 0.3) is 0 Å². The van der Waals surface area contributed by atoms with Crippen LogP contribution in [0.5, 0.6) is 0 Å². The van der Waals surface area contributed by atoms with E-state index in [0.29, 0.717) is 19.3 Å². The maximum absolute atomic E-state index is 12.9. The normalized spacial score (nSPS) is 12.2. The predicted molar refractivity (Wildman–Crippen MR) is 353 cm³/mol. The number of allylic oxidation sites excluding steroid dienone is 6. The van der Waals surface area contributed by atoms with Gasteiger partial charge in [-0.2, -0.15) is 0 Å². The van der Waals surface area contributed by atoms with Crippen LogP contribution in [0.1, 0.15) is 406 Å². The summed E-state index contributed by atoms with van der Waals surface area (Å²) in [5, 5.41) is 0. The van der Waals surface area contributed by atoms with Gasteiger partial charge >= 0.3 is 17.9 Å². The minimum Gasteiger partial charge on any atom is -0.462 e. The second-order valence-corrected chi connectivity index (χ2v) is 24.9. The first-order valence-electron chi connectivity index (χ1n) is 36.5. The van der Waals surface area contributed by atoms with Crippen LogP contribution in [0.15, 0.2) is 36.5 Å². The van der Waals surface area contributed by atoms with E-state index in [0.717, 1.165) is 70.6 Å². The van der Waals surface area contributed by atoms with Gasteiger partial charge in [0.2, 0.25) is 0 Å². The standard InChI is InChI=1S/C75H140O6/c1-4-7-10-13-15-17-19-21-23-25-27-29-31-32-33-34-35-36-37-38-39-40-41-42-44-45-47-49-51-53-55-57-59-62-65-68-74(77)80-71-72(70-79-73(76)67-64-61-12-9-6-3)81-75(78)69-66-63-60-58-56-54-52-50-48-46-43-30-28-26-24-22-20-18-16-14-11-8-5-2/h19,21,25-28,72H,4-18,20,22-24,29-71H2,1-3H3/b21-19-,27-25-,28-26-. The summed E-state index contributed by atoms with van der Waals surface area (Å²) < 4.78 is 16.8. The highest BCUT2D eigenvalue weighted by atomic mass is 16.6. The van der Waals surface area contributed by atoms with Gasteiger partial charge in [-0.15, -0.1) is 0 Å². The monoisotopic (exact) mass is 1140 g/mol. The number of esters is 3. The van der Waals surface area contributed by atoms with E-state index in [1.807, 2.05) is 0 Å². The lowest BCUT2D eigenvalue weighted by molar-refractivity contribution is -0.167. The Bertz CT molecular complexity index is 1350. The molecule has 476 valence electrons. The molecule has 0 fully saturated rings. The van der Waals surface area contributed by atoms with Crippen molar-refractivity contribution < 1.29 is 28.6 Å². The molecular formula is C75H140O6. The van der Waals surface area contributed by atoms with Gasteiger partial charge in [-0.25, -0.2) is 0 Å². The number of hydrogen-bond acceptors (Lipinski definition) is 6. The first-order chi connectivity index (χ1) is 40.0. The predicted octanol–water partition coefficient (Wildman–Crippen LogP) is 25.1. The molecule has 0 aromatic rings. The van der Waals surface area contributed by atoms with E-state index in [1.165, 1.54) is 295 Å². The number of rotatable bonds is 68. The zero-order valence-corrected chi connectivity index (χ0v) is 54.8. The highest BCUT2D eigenvalue weighted by Gasteiger charge is 2.19. The minimum absolute atomic E-state index is 0.0671. The van der Waals surface area contributed by atoms with Gasteiger partial charge in [0.05, 0.1) is 0 Å². The number of ether oxygens (including phenoxy) is 3. The Morgan fingerprint density at radius 1 is 0.247 bits per heavy atom. The highest BCUT2D eigenvalue weighted by Crippen LogP contribution is 2.19. The Morgan fingerprint density at radius 3 is 0.691 bits per heavy atom. The molecule has 0 saturated carbocycles. The molecule has 0 aliphatic rings. The summed E-state index contributed by atoms with van der Waals surface area (Å²) in [7, 11) is 0. The third-order valence-electron chi connectivity index (χ3n) is 16.6. The SMILES string of the molecule is CCCCCCC/C=C\C/C=C\CCCCCCCCCCCCCCCCCCCCCCCCCC(=O)OCC(COC(=O)CCCCCCC)OC(=O)CCCCCCCCCCCCC/C=C\CCCCCCCCCC. The lowest BCUT2D eigenvalue weighted by Crippen LogP contribution is -2.30. The molecule has 0 aliphatic carbocycles. The van der Waals surface area contributed by atoms with Gasteiger partial charge in [-0.1, -0.05) is 346 Å². The van der Waals surface area contributed by atoms with Crippen LogP contribution < -0.4 is 0 Å². The number of hydrogen-bond donors (Lipinski definition) is 0. The van der Waals surface area contributed by atoms with Gasteiger partial charge in [-0.05, 0) is 77.0 Å². The topological polar surface area (TPSA) is 78.9 Å². The summed E-state index contributed by atoms with van der Waals surface area (Å²) in [6, 6.07) is 0. The Morgan fingerprint density at radius 2 is 0.444 bits per heavy atom. The Hall–Kier alpha value is -2.37. The van der Waals surface area contributed by atoms with Crippen LogP contribution in [0.4, 0.5) is 0 Å². The molecule has 1 unspecified atom stereocenters. The lowest BCUT2D eigenvalue weighted by Gasteiger charge is -2.18. The van der Waals surface area contributed by atoms with Crippen molar-refractivity contribution in [2.24, 2.45) is 0 Å². The quantitative estimate of drug-likeness (QED) is 0.0261. The van der Waals surface area contributed by atoms with Crippen molar-refractivity contribution in [2.75, 3.05) is 13.2 Å². The number of carbonyl (C=O) groups excluding carboxylic acids is 3. The van der Waals surface area contributed by atoms with Crippen molar-refractivity contribution in [1.82, 2.24) is 0 Å². The second kappa shape index (κ2) is 70.1. The van der Waals surface area contributed by atoms with E-state index in [4.69, 9.17) is 14.2 Å². The Labute approximate surface area is 506 Å².